The smallest absolute Gasteiger partial charge is 0.150 e. The summed E-state index contributed by atoms with van der Waals surface area (Å²) in [5.74, 6) is 2.56. The van der Waals surface area contributed by atoms with Crippen molar-refractivity contribution in [2.24, 2.45) is 5.92 Å². The zero-order valence-corrected chi connectivity index (χ0v) is 10.6. The third-order valence-electron chi connectivity index (χ3n) is 1.94. The number of ether oxygens (including phenoxy) is 1. The predicted molar refractivity (Wildman–Crippen MR) is 64.0 cm³/mol. The molecule has 0 saturated carbocycles. The molecule has 0 radical (unpaired) electrons. The second-order valence-electron chi connectivity index (χ2n) is 4.56. The van der Waals surface area contributed by atoms with Crippen molar-refractivity contribution >= 4 is 20.6 Å². The quantitative estimate of drug-likeness (QED) is 0.415. The first-order chi connectivity index (χ1) is 7.48. The minimum Gasteiger partial charge on any atom is -0.472 e. The fourth-order valence-corrected chi connectivity index (χ4v) is 1.74. The van der Waals surface area contributed by atoms with Crippen LogP contribution in [0.3, 0.4) is 0 Å². The van der Waals surface area contributed by atoms with Gasteiger partial charge in [0.1, 0.15) is 8.07 Å². The van der Waals surface area contributed by atoms with Crippen molar-refractivity contribution in [3.63, 3.8) is 0 Å². The highest BCUT2D eigenvalue weighted by Crippen LogP contribution is 2.21. The van der Waals surface area contributed by atoms with Crippen LogP contribution in [-0.2, 0) is 14.3 Å². The van der Waals surface area contributed by atoms with Gasteiger partial charge in [-0.1, -0.05) is 25.6 Å². The topological polar surface area (TPSA) is 43.4 Å². The van der Waals surface area contributed by atoms with Gasteiger partial charge < -0.3 is 4.74 Å². The molecule has 0 bridgehead atoms. The van der Waals surface area contributed by atoms with Crippen LogP contribution in [0.1, 0.15) is 0 Å². The molecule has 0 aromatic heterocycles. The van der Waals surface area contributed by atoms with Crippen molar-refractivity contribution in [3.8, 4) is 11.5 Å². The lowest BCUT2D eigenvalue weighted by Gasteiger charge is -2.15. The van der Waals surface area contributed by atoms with Crippen molar-refractivity contribution in [2.45, 2.75) is 19.6 Å². The molecule has 84 valence electrons. The lowest BCUT2D eigenvalue weighted by molar-refractivity contribution is -0.105. The third-order valence-corrected chi connectivity index (χ3v) is 2.83. The highest BCUT2D eigenvalue weighted by Gasteiger charge is 2.21. The number of hydrogen-bond acceptors (Lipinski definition) is 3. The third kappa shape index (κ3) is 3.21. The van der Waals surface area contributed by atoms with E-state index in [9.17, 15) is 9.59 Å². The van der Waals surface area contributed by atoms with E-state index >= 15 is 0 Å². The molecule has 1 rings (SSSR count). The number of carbonyl (C=O) groups is 2. The molecule has 16 heavy (non-hydrogen) atoms. The van der Waals surface area contributed by atoms with Gasteiger partial charge in [-0.05, 0) is 0 Å². The molecular formula is C12H14O3Si. The molecule has 0 fully saturated rings. The van der Waals surface area contributed by atoms with Crippen LogP contribution in [0.2, 0.25) is 19.6 Å². The van der Waals surface area contributed by atoms with Gasteiger partial charge in [0.25, 0.3) is 0 Å². The largest absolute Gasteiger partial charge is 0.472 e. The predicted octanol–water partition coefficient (Wildman–Crippen LogP) is 1.68. The average Bonchev–Trinajstić information content (AvgIpc) is 2.24. The zero-order chi connectivity index (χ0) is 12.2. The minimum absolute atomic E-state index is 0.398. The Morgan fingerprint density at radius 1 is 1.19 bits per heavy atom. The van der Waals surface area contributed by atoms with E-state index < -0.39 is 14.0 Å². The molecule has 0 spiro atoms. The van der Waals surface area contributed by atoms with Crippen molar-refractivity contribution in [2.75, 3.05) is 0 Å². The Morgan fingerprint density at radius 3 is 2.06 bits per heavy atom. The molecule has 0 atom stereocenters. The van der Waals surface area contributed by atoms with Gasteiger partial charge in [-0.3, -0.25) is 9.59 Å². The number of rotatable bonds is 2. The van der Waals surface area contributed by atoms with Crippen LogP contribution in [0.4, 0.5) is 0 Å². The van der Waals surface area contributed by atoms with E-state index in [1.54, 1.807) is 0 Å². The first kappa shape index (κ1) is 12.5. The molecular weight excluding hydrogens is 220 g/mol. The summed E-state index contributed by atoms with van der Waals surface area (Å²) in [7, 11) is -1.51. The fraction of sp³-hybridized carbons (Fsp3) is 0.333. The molecule has 1 heterocycles. The molecule has 0 unspecified atom stereocenters. The summed E-state index contributed by atoms with van der Waals surface area (Å²) in [6.45, 7) is 6.32. The number of allylic oxidation sites excluding steroid dienone is 2. The Labute approximate surface area is 96.2 Å². The summed E-state index contributed by atoms with van der Waals surface area (Å²) < 4.78 is 4.90. The maximum Gasteiger partial charge on any atom is 0.150 e. The van der Waals surface area contributed by atoms with Gasteiger partial charge in [-0.15, -0.1) is 5.54 Å². The molecule has 1 aliphatic rings. The van der Waals surface area contributed by atoms with Crippen LogP contribution < -0.4 is 0 Å². The Balaban J connectivity index is 3.03. The van der Waals surface area contributed by atoms with E-state index in [-0.39, 0.29) is 0 Å². The van der Waals surface area contributed by atoms with Crippen LogP contribution in [0.15, 0.2) is 23.7 Å². The molecule has 3 nitrogen and oxygen atoms in total. The van der Waals surface area contributed by atoms with Crippen molar-refractivity contribution < 1.29 is 14.3 Å². The summed E-state index contributed by atoms with van der Waals surface area (Å²) in [5.41, 5.74) is 3.95. The zero-order valence-electron chi connectivity index (χ0n) is 9.61. The lowest BCUT2D eigenvalue weighted by Crippen LogP contribution is -2.19. The SMILES string of the molecule is C[Si](C)(C)C#CC1C(C=O)=COC=C1C=O. The van der Waals surface area contributed by atoms with Crippen LogP contribution in [0.25, 0.3) is 0 Å². The van der Waals surface area contributed by atoms with Crippen LogP contribution in [0.5, 0.6) is 0 Å². The number of aldehydes is 2. The fourth-order valence-electron chi connectivity index (χ4n) is 1.17. The normalized spacial score (nSPS) is 16.2. The molecule has 0 amide bonds. The monoisotopic (exact) mass is 234 g/mol. The van der Waals surface area contributed by atoms with Crippen molar-refractivity contribution in [1.29, 1.82) is 0 Å². The van der Waals surface area contributed by atoms with Gasteiger partial charge in [0, 0.05) is 11.1 Å². The van der Waals surface area contributed by atoms with E-state index in [2.05, 4.69) is 31.1 Å². The molecule has 0 saturated heterocycles. The second kappa shape index (κ2) is 4.95. The second-order valence-corrected chi connectivity index (χ2v) is 9.31. The van der Waals surface area contributed by atoms with Gasteiger partial charge in [0.05, 0.1) is 18.4 Å². The Morgan fingerprint density at radius 2 is 1.69 bits per heavy atom. The van der Waals surface area contributed by atoms with E-state index in [1.807, 2.05) is 0 Å². The summed E-state index contributed by atoms with van der Waals surface area (Å²) in [4.78, 5) is 21.6. The Bertz CT molecular complexity index is 392. The maximum absolute atomic E-state index is 10.8. The van der Waals surface area contributed by atoms with Gasteiger partial charge >= 0.3 is 0 Å². The highest BCUT2D eigenvalue weighted by molar-refractivity contribution is 6.83. The molecule has 0 aromatic carbocycles. The standard InChI is InChI=1S/C12H14O3Si/c1-16(2,3)5-4-12-10(6-13)8-15-9-11(12)7-14/h6-9,12H,1-3H3. The molecule has 0 aromatic rings. The molecule has 0 aliphatic carbocycles. The number of hydrogen-bond donors (Lipinski definition) is 0. The van der Waals surface area contributed by atoms with E-state index in [4.69, 9.17) is 4.74 Å². The van der Waals surface area contributed by atoms with Gasteiger partial charge in [-0.2, -0.15) is 0 Å². The van der Waals surface area contributed by atoms with Crippen molar-refractivity contribution in [1.82, 2.24) is 0 Å². The van der Waals surface area contributed by atoms with Crippen LogP contribution >= 0.6 is 0 Å². The van der Waals surface area contributed by atoms with Crippen LogP contribution in [0, 0.1) is 17.4 Å². The highest BCUT2D eigenvalue weighted by atomic mass is 28.3. The summed E-state index contributed by atoms with van der Waals surface area (Å²) in [5, 5.41) is 0. The Hall–Kier alpha value is -1.60. The lowest BCUT2D eigenvalue weighted by atomic mass is 9.94. The van der Waals surface area contributed by atoms with Crippen LogP contribution in [-0.4, -0.2) is 20.6 Å². The number of carbonyl (C=O) groups excluding carboxylic acids is 2. The summed E-state index contributed by atoms with van der Waals surface area (Å²) in [6.07, 6.45) is 4.03. The molecule has 4 heteroatoms. The first-order valence-electron chi connectivity index (χ1n) is 4.96. The van der Waals surface area contributed by atoms with E-state index in [0.717, 1.165) is 0 Å². The molecule has 1 aliphatic heterocycles. The molecule has 0 N–H and O–H groups in total. The summed E-state index contributed by atoms with van der Waals surface area (Å²) in [6, 6.07) is 0. The first-order valence-corrected chi connectivity index (χ1v) is 8.46. The average molecular weight is 234 g/mol. The minimum atomic E-state index is -1.51. The van der Waals surface area contributed by atoms with Gasteiger partial charge in [0.2, 0.25) is 0 Å². The van der Waals surface area contributed by atoms with Crippen molar-refractivity contribution in [3.05, 3.63) is 23.7 Å². The van der Waals surface area contributed by atoms with E-state index in [1.165, 1.54) is 12.5 Å². The van der Waals surface area contributed by atoms with E-state index in [0.29, 0.717) is 23.7 Å². The Kier molecular flexibility index (Phi) is 3.86. The van der Waals surface area contributed by atoms with Gasteiger partial charge in [-0.25, -0.2) is 0 Å². The van der Waals surface area contributed by atoms with Gasteiger partial charge in [0.15, 0.2) is 12.6 Å². The summed E-state index contributed by atoms with van der Waals surface area (Å²) >= 11 is 0. The maximum atomic E-state index is 10.8.